The normalized spacial score (nSPS) is 12.2. The van der Waals surface area contributed by atoms with Crippen LogP contribution in [0, 0.1) is 12.7 Å². The van der Waals surface area contributed by atoms with Crippen LogP contribution in [-0.2, 0) is 12.8 Å². The third-order valence-electron chi connectivity index (χ3n) is 3.67. The van der Waals surface area contributed by atoms with Crippen molar-refractivity contribution in [2.24, 2.45) is 0 Å². The smallest absolute Gasteiger partial charge is 0.212 e. The van der Waals surface area contributed by atoms with Crippen LogP contribution in [0.3, 0.4) is 0 Å². The Morgan fingerprint density at radius 1 is 1.24 bits per heavy atom. The van der Waals surface area contributed by atoms with Crippen molar-refractivity contribution in [3.05, 3.63) is 59.0 Å². The molecule has 0 spiro atoms. The first kappa shape index (κ1) is 15.4. The Morgan fingerprint density at radius 3 is 2.67 bits per heavy atom. The predicted octanol–water partition coefficient (Wildman–Crippen LogP) is 2.91. The molecule has 0 radical (unpaired) electrons. The number of nitrogens with zero attached hydrogens (tertiary/aromatic N) is 1. The lowest BCUT2D eigenvalue weighted by atomic mass is 9.97. The summed E-state index contributed by atoms with van der Waals surface area (Å²) in [5, 5.41) is 3.29. The molecule has 1 unspecified atom stereocenters. The predicted molar refractivity (Wildman–Crippen MR) is 82.2 cm³/mol. The summed E-state index contributed by atoms with van der Waals surface area (Å²) in [6, 6.07) is 9.05. The molecule has 1 N–H and O–H groups in total. The highest BCUT2D eigenvalue weighted by atomic mass is 19.1. The van der Waals surface area contributed by atoms with Gasteiger partial charge in [0.1, 0.15) is 5.82 Å². The Kier molecular flexibility index (Phi) is 5.28. The molecule has 2 rings (SSSR count). The first-order chi connectivity index (χ1) is 10.1. The van der Waals surface area contributed by atoms with Crippen molar-refractivity contribution in [2.75, 3.05) is 14.2 Å². The number of ether oxygens (including phenoxy) is 1. The summed E-state index contributed by atoms with van der Waals surface area (Å²) in [7, 11) is 3.53. The minimum atomic E-state index is -0.184. The van der Waals surface area contributed by atoms with Crippen LogP contribution in [0.15, 0.2) is 36.5 Å². The van der Waals surface area contributed by atoms with Gasteiger partial charge in [0.25, 0.3) is 0 Å². The highest BCUT2D eigenvalue weighted by Gasteiger charge is 2.11. The SMILES string of the molecule is CNC(Cc1ccc(OC)nc1)Cc1cc(F)ccc1C. The molecule has 2 aromatic rings. The van der Waals surface area contributed by atoms with Crippen LogP contribution in [0.4, 0.5) is 4.39 Å². The minimum Gasteiger partial charge on any atom is -0.481 e. The van der Waals surface area contributed by atoms with Gasteiger partial charge >= 0.3 is 0 Å². The zero-order valence-electron chi connectivity index (χ0n) is 12.7. The summed E-state index contributed by atoms with van der Waals surface area (Å²) >= 11 is 0. The van der Waals surface area contributed by atoms with E-state index >= 15 is 0 Å². The number of nitrogens with one attached hydrogen (secondary N) is 1. The second kappa shape index (κ2) is 7.18. The van der Waals surface area contributed by atoms with Crippen LogP contribution >= 0.6 is 0 Å². The van der Waals surface area contributed by atoms with Crippen LogP contribution in [0.2, 0.25) is 0 Å². The Labute approximate surface area is 125 Å². The van der Waals surface area contributed by atoms with Crippen LogP contribution in [-0.4, -0.2) is 25.2 Å². The molecule has 0 saturated carbocycles. The van der Waals surface area contributed by atoms with E-state index in [-0.39, 0.29) is 11.9 Å². The van der Waals surface area contributed by atoms with E-state index in [9.17, 15) is 4.39 Å². The Bertz CT molecular complexity index is 584. The maximum Gasteiger partial charge on any atom is 0.212 e. The number of hydrogen-bond acceptors (Lipinski definition) is 3. The second-order valence-corrected chi connectivity index (χ2v) is 5.17. The molecule has 21 heavy (non-hydrogen) atoms. The van der Waals surface area contributed by atoms with Gasteiger partial charge in [0, 0.05) is 18.3 Å². The fourth-order valence-corrected chi connectivity index (χ4v) is 2.34. The first-order valence-electron chi connectivity index (χ1n) is 7.03. The van der Waals surface area contributed by atoms with Crippen molar-refractivity contribution in [3.8, 4) is 5.88 Å². The van der Waals surface area contributed by atoms with Crippen LogP contribution in [0.1, 0.15) is 16.7 Å². The maximum atomic E-state index is 13.4. The van der Waals surface area contributed by atoms with Gasteiger partial charge in [-0.3, -0.25) is 0 Å². The number of methoxy groups -OCH3 is 1. The molecule has 4 heteroatoms. The number of likely N-dealkylation sites (N-methyl/N-ethyl adjacent to an activating group) is 1. The summed E-state index contributed by atoms with van der Waals surface area (Å²) in [5.74, 6) is 0.428. The number of halogens is 1. The highest BCUT2D eigenvalue weighted by Crippen LogP contribution is 2.15. The molecule has 0 amide bonds. The van der Waals surface area contributed by atoms with Crippen molar-refractivity contribution < 1.29 is 9.13 Å². The van der Waals surface area contributed by atoms with Crippen LogP contribution in [0.25, 0.3) is 0 Å². The van der Waals surface area contributed by atoms with E-state index in [2.05, 4.69) is 10.3 Å². The fraction of sp³-hybridized carbons (Fsp3) is 0.353. The quantitative estimate of drug-likeness (QED) is 0.887. The molecule has 0 aliphatic carbocycles. The molecular formula is C17H21FN2O. The van der Waals surface area contributed by atoms with Crippen molar-refractivity contribution in [1.29, 1.82) is 0 Å². The average molecular weight is 288 g/mol. The fourth-order valence-electron chi connectivity index (χ4n) is 2.34. The molecule has 0 aliphatic rings. The lowest BCUT2D eigenvalue weighted by Gasteiger charge is -2.17. The molecule has 112 valence electrons. The largest absolute Gasteiger partial charge is 0.481 e. The van der Waals surface area contributed by atoms with Crippen LogP contribution < -0.4 is 10.1 Å². The van der Waals surface area contributed by atoms with Gasteiger partial charge in [-0.2, -0.15) is 0 Å². The molecule has 0 fully saturated rings. The van der Waals surface area contributed by atoms with Gasteiger partial charge in [0.05, 0.1) is 7.11 Å². The van der Waals surface area contributed by atoms with Gasteiger partial charge in [0.15, 0.2) is 0 Å². The van der Waals surface area contributed by atoms with Crippen molar-refractivity contribution in [1.82, 2.24) is 10.3 Å². The van der Waals surface area contributed by atoms with E-state index in [0.29, 0.717) is 5.88 Å². The van der Waals surface area contributed by atoms with Gasteiger partial charge in [-0.1, -0.05) is 12.1 Å². The minimum absolute atomic E-state index is 0.184. The van der Waals surface area contributed by atoms with E-state index in [1.54, 1.807) is 13.2 Å². The third-order valence-corrected chi connectivity index (χ3v) is 3.67. The van der Waals surface area contributed by atoms with Gasteiger partial charge in [-0.25, -0.2) is 9.37 Å². The summed E-state index contributed by atoms with van der Waals surface area (Å²) < 4.78 is 18.4. The Balaban J connectivity index is 2.07. The maximum absolute atomic E-state index is 13.4. The number of pyridine rings is 1. The topological polar surface area (TPSA) is 34.1 Å². The van der Waals surface area contributed by atoms with Crippen LogP contribution in [0.5, 0.6) is 5.88 Å². The van der Waals surface area contributed by atoms with E-state index < -0.39 is 0 Å². The molecule has 1 aromatic heterocycles. The number of aryl methyl sites for hydroxylation is 1. The standard InChI is InChI=1S/C17H21FN2O/c1-12-4-6-15(18)9-14(12)10-16(19-2)8-13-5-7-17(21-3)20-11-13/h4-7,9,11,16,19H,8,10H2,1-3H3. The van der Waals surface area contributed by atoms with Gasteiger partial charge in [-0.05, 0) is 55.6 Å². The lowest BCUT2D eigenvalue weighted by Crippen LogP contribution is -2.30. The van der Waals surface area contributed by atoms with Crippen molar-refractivity contribution >= 4 is 0 Å². The Morgan fingerprint density at radius 2 is 2.05 bits per heavy atom. The Hall–Kier alpha value is -1.94. The monoisotopic (exact) mass is 288 g/mol. The number of hydrogen-bond donors (Lipinski definition) is 1. The molecule has 1 aromatic carbocycles. The van der Waals surface area contributed by atoms with Gasteiger partial charge < -0.3 is 10.1 Å². The van der Waals surface area contributed by atoms with Gasteiger partial charge in [-0.15, -0.1) is 0 Å². The number of benzene rings is 1. The second-order valence-electron chi connectivity index (χ2n) is 5.17. The summed E-state index contributed by atoms with van der Waals surface area (Å²) in [6.07, 6.45) is 3.44. The van der Waals surface area contributed by atoms with E-state index in [1.165, 1.54) is 6.07 Å². The van der Waals surface area contributed by atoms with E-state index in [1.807, 2.05) is 38.4 Å². The summed E-state index contributed by atoms with van der Waals surface area (Å²) in [4.78, 5) is 4.21. The number of aromatic nitrogens is 1. The first-order valence-corrected chi connectivity index (χ1v) is 7.03. The summed E-state index contributed by atoms with van der Waals surface area (Å²) in [5.41, 5.74) is 3.28. The van der Waals surface area contributed by atoms with Crippen molar-refractivity contribution in [3.63, 3.8) is 0 Å². The molecule has 1 heterocycles. The lowest BCUT2D eigenvalue weighted by molar-refractivity contribution is 0.397. The average Bonchev–Trinajstić information content (AvgIpc) is 2.51. The van der Waals surface area contributed by atoms with Gasteiger partial charge in [0.2, 0.25) is 5.88 Å². The molecular weight excluding hydrogens is 267 g/mol. The molecule has 0 bridgehead atoms. The zero-order chi connectivity index (χ0) is 15.2. The number of rotatable bonds is 6. The van der Waals surface area contributed by atoms with Crippen molar-refractivity contribution in [2.45, 2.75) is 25.8 Å². The molecule has 0 saturated heterocycles. The molecule has 0 aliphatic heterocycles. The molecule has 3 nitrogen and oxygen atoms in total. The van der Waals surface area contributed by atoms with E-state index in [0.717, 1.165) is 29.5 Å². The zero-order valence-corrected chi connectivity index (χ0v) is 12.7. The third kappa shape index (κ3) is 4.26. The van der Waals surface area contributed by atoms with E-state index in [4.69, 9.17) is 4.74 Å². The highest BCUT2D eigenvalue weighted by molar-refractivity contribution is 5.28. The molecule has 1 atom stereocenters. The summed E-state index contributed by atoms with van der Waals surface area (Å²) in [6.45, 7) is 2.01.